The first-order valence-electron chi connectivity index (χ1n) is 6.12. The summed E-state index contributed by atoms with van der Waals surface area (Å²) in [4.78, 5) is 23.6. The first-order valence-corrected chi connectivity index (χ1v) is 6.12. The lowest BCUT2D eigenvalue weighted by atomic mass is 9.93. The molecule has 19 heavy (non-hydrogen) atoms. The lowest BCUT2D eigenvalue weighted by Gasteiger charge is -2.45. The molecule has 0 bridgehead atoms. The second kappa shape index (κ2) is 5.79. The van der Waals surface area contributed by atoms with E-state index in [0.29, 0.717) is 13.0 Å². The monoisotopic (exact) mass is 264 g/mol. The Bertz CT molecular complexity index is 463. The van der Waals surface area contributed by atoms with Gasteiger partial charge in [-0.3, -0.25) is 14.9 Å². The van der Waals surface area contributed by atoms with Crippen LogP contribution in [0.4, 0.5) is 0 Å². The zero-order chi connectivity index (χ0) is 13.8. The highest BCUT2D eigenvalue weighted by atomic mass is 16.6. The molecular formula is C13H16N2O4. The van der Waals surface area contributed by atoms with Gasteiger partial charge in [-0.1, -0.05) is 30.3 Å². The highest BCUT2D eigenvalue weighted by Crippen LogP contribution is 2.27. The van der Waals surface area contributed by atoms with Gasteiger partial charge >= 0.3 is 0 Å². The van der Waals surface area contributed by atoms with Crippen molar-refractivity contribution in [1.82, 2.24) is 4.90 Å². The van der Waals surface area contributed by atoms with Gasteiger partial charge in [0.15, 0.2) is 6.10 Å². The van der Waals surface area contributed by atoms with Crippen LogP contribution in [0, 0.1) is 10.1 Å². The Kier molecular flexibility index (Phi) is 4.11. The number of carbonyl (C=O) groups is 1. The van der Waals surface area contributed by atoms with Crippen molar-refractivity contribution in [2.75, 3.05) is 13.7 Å². The van der Waals surface area contributed by atoms with Gasteiger partial charge in [0.05, 0.1) is 6.04 Å². The molecule has 0 N–H and O–H groups in total. The Balaban J connectivity index is 2.01. The number of amides is 1. The summed E-state index contributed by atoms with van der Waals surface area (Å²) in [5.74, 6) is -0.0975. The largest absolute Gasteiger partial charge is 0.369 e. The van der Waals surface area contributed by atoms with Gasteiger partial charge in [0, 0.05) is 25.0 Å². The quantitative estimate of drug-likeness (QED) is 0.438. The van der Waals surface area contributed by atoms with Crippen LogP contribution < -0.4 is 0 Å². The zero-order valence-corrected chi connectivity index (χ0v) is 10.7. The predicted molar refractivity (Wildman–Crippen MR) is 68.1 cm³/mol. The van der Waals surface area contributed by atoms with Gasteiger partial charge in [0.25, 0.3) is 5.91 Å². The van der Waals surface area contributed by atoms with Crippen molar-refractivity contribution in [3.8, 4) is 0 Å². The van der Waals surface area contributed by atoms with Crippen LogP contribution in [0.2, 0.25) is 0 Å². The number of β-lactam (4-membered cyclic amide) rings is 1. The molecule has 6 heteroatoms. The number of rotatable bonds is 6. The SMILES string of the molecule is CO[C@H]1C(=O)N(Cc2ccccc2)[C@@H]1CC[N+](=O)[O-]. The molecule has 1 aromatic rings. The second-order valence-corrected chi connectivity index (χ2v) is 4.52. The van der Waals surface area contributed by atoms with E-state index in [1.165, 1.54) is 7.11 Å². The lowest BCUT2D eigenvalue weighted by molar-refractivity contribution is -0.482. The van der Waals surface area contributed by atoms with E-state index < -0.39 is 6.10 Å². The molecule has 2 atom stereocenters. The smallest absolute Gasteiger partial charge is 0.254 e. The maximum atomic E-state index is 11.9. The Labute approximate surface area is 111 Å². The number of methoxy groups -OCH3 is 1. The van der Waals surface area contributed by atoms with Crippen molar-refractivity contribution in [2.45, 2.75) is 25.1 Å². The number of ether oxygens (including phenoxy) is 1. The third-order valence-corrected chi connectivity index (χ3v) is 3.33. The Morgan fingerprint density at radius 2 is 2.05 bits per heavy atom. The standard InChI is InChI=1S/C13H16N2O4/c1-19-12-11(7-8-15(17)18)14(13(12)16)9-10-5-3-2-4-6-10/h2-6,11-12H,7-9H2,1H3/t11-,12-/m1/s1. The van der Waals surface area contributed by atoms with Crippen LogP contribution in [0.3, 0.4) is 0 Å². The van der Waals surface area contributed by atoms with E-state index in [1.807, 2.05) is 30.3 Å². The predicted octanol–water partition coefficient (Wildman–Crippen LogP) is 1.08. The fourth-order valence-electron chi connectivity index (χ4n) is 2.35. The molecule has 0 saturated carbocycles. The minimum Gasteiger partial charge on any atom is -0.369 e. The van der Waals surface area contributed by atoms with E-state index >= 15 is 0 Å². The summed E-state index contributed by atoms with van der Waals surface area (Å²) >= 11 is 0. The number of carbonyl (C=O) groups excluding carboxylic acids is 1. The molecule has 2 rings (SSSR count). The van der Waals surface area contributed by atoms with Gasteiger partial charge in [-0.25, -0.2) is 0 Å². The molecule has 6 nitrogen and oxygen atoms in total. The maximum Gasteiger partial charge on any atom is 0.254 e. The van der Waals surface area contributed by atoms with Crippen LogP contribution >= 0.6 is 0 Å². The molecular weight excluding hydrogens is 248 g/mol. The fraction of sp³-hybridized carbons (Fsp3) is 0.462. The zero-order valence-electron chi connectivity index (χ0n) is 10.7. The average molecular weight is 264 g/mol. The molecule has 102 valence electrons. The van der Waals surface area contributed by atoms with Crippen molar-refractivity contribution in [3.05, 3.63) is 46.0 Å². The molecule has 1 amide bonds. The number of likely N-dealkylation sites (tertiary alicyclic amines) is 1. The van der Waals surface area contributed by atoms with Gasteiger partial charge in [0.2, 0.25) is 6.54 Å². The van der Waals surface area contributed by atoms with Crippen LogP contribution in [-0.2, 0) is 16.1 Å². The molecule has 0 radical (unpaired) electrons. The summed E-state index contributed by atoms with van der Waals surface area (Å²) < 4.78 is 5.10. The normalized spacial score (nSPS) is 22.2. The summed E-state index contributed by atoms with van der Waals surface area (Å²) in [6.07, 6.45) is -0.215. The van der Waals surface area contributed by atoms with Gasteiger partial charge in [-0.05, 0) is 5.56 Å². The van der Waals surface area contributed by atoms with E-state index in [9.17, 15) is 14.9 Å². The molecule has 1 fully saturated rings. The van der Waals surface area contributed by atoms with Gasteiger partial charge < -0.3 is 9.64 Å². The van der Waals surface area contributed by atoms with E-state index in [0.717, 1.165) is 5.56 Å². The molecule has 0 unspecified atom stereocenters. The highest BCUT2D eigenvalue weighted by molar-refractivity contribution is 5.88. The highest BCUT2D eigenvalue weighted by Gasteiger charge is 2.47. The minimum absolute atomic E-state index is 0.0975. The van der Waals surface area contributed by atoms with Crippen LogP contribution in [0.1, 0.15) is 12.0 Å². The molecule has 0 aliphatic carbocycles. The fourth-order valence-corrected chi connectivity index (χ4v) is 2.35. The minimum atomic E-state index is -0.538. The van der Waals surface area contributed by atoms with E-state index in [-0.39, 0.29) is 23.4 Å². The summed E-state index contributed by atoms with van der Waals surface area (Å²) in [6.45, 7) is 0.324. The van der Waals surface area contributed by atoms with Crippen LogP contribution in [0.5, 0.6) is 0 Å². The van der Waals surface area contributed by atoms with Crippen molar-refractivity contribution < 1.29 is 14.5 Å². The third-order valence-electron chi connectivity index (χ3n) is 3.33. The van der Waals surface area contributed by atoms with E-state index in [4.69, 9.17) is 4.74 Å². The van der Waals surface area contributed by atoms with Crippen molar-refractivity contribution in [2.24, 2.45) is 0 Å². The summed E-state index contributed by atoms with van der Waals surface area (Å²) in [5.41, 5.74) is 1.01. The molecule has 1 heterocycles. The Hall–Kier alpha value is -1.95. The Morgan fingerprint density at radius 1 is 1.37 bits per heavy atom. The number of hydrogen-bond donors (Lipinski definition) is 0. The first-order chi connectivity index (χ1) is 9.13. The maximum absolute atomic E-state index is 11.9. The first kappa shape index (κ1) is 13.5. The molecule has 1 aromatic carbocycles. The molecule has 1 saturated heterocycles. The number of nitro groups is 1. The van der Waals surface area contributed by atoms with Crippen molar-refractivity contribution in [3.63, 3.8) is 0 Å². The average Bonchev–Trinajstić information content (AvgIpc) is 2.41. The van der Waals surface area contributed by atoms with Gasteiger partial charge in [-0.15, -0.1) is 0 Å². The third kappa shape index (κ3) is 2.90. The van der Waals surface area contributed by atoms with Crippen molar-refractivity contribution >= 4 is 5.91 Å². The molecule has 1 aliphatic heterocycles. The van der Waals surface area contributed by atoms with Crippen LogP contribution in [0.25, 0.3) is 0 Å². The van der Waals surface area contributed by atoms with Gasteiger partial charge in [-0.2, -0.15) is 0 Å². The number of nitrogens with zero attached hydrogens (tertiary/aromatic N) is 2. The lowest BCUT2D eigenvalue weighted by Crippen LogP contribution is -2.65. The van der Waals surface area contributed by atoms with Crippen molar-refractivity contribution in [1.29, 1.82) is 0 Å². The summed E-state index contributed by atoms with van der Waals surface area (Å²) in [7, 11) is 1.46. The molecule has 1 aliphatic rings. The van der Waals surface area contributed by atoms with Crippen LogP contribution in [0.15, 0.2) is 30.3 Å². The van der Waals surface area contributed by atoms with Gasteiger partial charge in [0.1, 0.15) is 0 Å². The molecule has 0 spiro atoms. The van der Waals surface area contributed by atoms with E-state index in [1.54, 1.807) is 4.90 Å². The Morgan fingerprint density at radius 3 is 2.63 bits per heavy atom. The topological polar surface area (TPSA) is 72.7 Å². The second-order valence-electron chi connectivity index (χ2n) is 4.52. The summed E-state index contributed by atoms with van der Waals surface area (Å²) in [5, 5.41) is 10.4. The van der Waals surface area contributed by atoms with Crippen LogP contribution in [-0.4, -0.2) is 41.5 Å². The number of benzene rings is 1. The molecule has 0 aromatic heterocycles. The summed E-state index contributed by atoms with van der Waals surface area (Å²) in [6, 6.07) is 9.36. The van der Waals surface area contributed by atoms with E-state index in [2.05, 4.69) is 0 Å². The number of hydrogen-bond acceptors (Lipinski definition) is 4.